The van der Waals surface area contributed by atoms with Gasteiger partial charge in [-0.05, 0) is 92.8 Å². The normalized spacial score (nSPS) is 48.2. The lowest BCUT2D eigenvalue weighted by Gasteiger charge is -2.58. The molecule has 8 atom stereocenters. The lowest BCUT2D eigenvalue weighted by molar-refractivity contribution is -0.0663. The summed E-state index contributed by atoms with van der Waals surface area (Å²) in [6, 6.07) is 0. The highest BCUT2D eigenvalue weighted by Crippen LogP contribution is 2.66. The van der Waals surface area contributed by atoms with Gasteiger partial charge in [-0.25, -0.2) is 0 Å². The van der Waals surface area contributed by atoms with E-state index < -0.39 is 10.1 Å². The molecule has 4 aliphatic rings. The second kappa shape index (κ2) is 6.56. The Bertz CT molecular complexity index is 727. The van der Waals surface area contributed by atoms with Crippen LogP contribution in [0.1, 0.15) is 72.1 Å². The second-order valence-electron chi connectivity index (χ2n) is 10.4. The maximum Gasteiger partial charge on any atom is 0.264 e. The van der Waals surface area contributed by atoms with Crippen LogP contribution in [-0.2, 0) is 14.3 Å². The van der Waals surface area contributed by atoms with E-state index in [-0.39, 0.29) is 23.0 Å². The minimum absolute atomic E-state index is 0.184. The second-order valence-corrected chi connectivity index (χ2v) is 12.0. The zero-order valence-electron chi connectivity index (χ0n) is 17.3. The number of aliphatic hydroxyl groups excluding tert-OH is 1. The van der Waals surface area contributed by atoms with Crippen molar-refractivity contribution in [2.75, 3.05) is 6.26 Å². The molecule has 0 heterocycles. The van der Waals surface area contributed by atoms with Crippen LogP contribution in [0.4, 0.5) is 0 Å². The number of aliphatic hydroxyl groups is 1. The molecule has 154 valence electrons. The molecule has 3 saturated carbocycles. The lowest BCUT2D eigenvalue weighted by atomic mass is 9.47. The van der Waals surface area contributed by atoms with E-state index >= 15 is 0 Å². The van der Waals surface area contributed by atoms with Crippen LogP contribution < -0.4 is 0 Å². The molecule has 0 spiro atoms. The molecule has 0 unspecified atom stereocenters. The van der Waals surface area contributed by atoms with Gasteiger partial charge >= 0.3 is 0 Å². The van der Waals surface area contributed by atoms with Gasteiger partial charge in [-0.3, -0.25) is 4.18 Å². The van der Waals surface area contributed by atoms with Crippen LogP contribution in [0.15, 0.2) is 11.6 Å². The van der Waals surface area contributed by atoms with E-state index in [2.05, 4.69) is 19.9 Å². The minimum Gasteiger partial charge on any atom is -0.393 e. The monoisotopic (exact) mass is 396 g/mol. The van der Waals surface area contributed by atoms with Gasteiger partial charge in [0, 0.05) is 0 Å². The van der Waals surface area contributed by atoms with Gasteiger partial charge in [0.2, 0.25) is 0 Å². The molecule has 0 radical (unpaired) electrons. The number of hydrogen-bond donors (Lipinski definition) is 1. The number of hydrogen-bond acceptors (Lipinski definition) is 4. The number of rotatable bonds is 3. The summed E-state index contributed by atoms with van der Waals surface area (Å²) in [5, 5.41) is 10.3. The minimum atomic E-state index is -3.39. The highest BCUT2D eigenvalue weighted by atomic mass is 32.2. The van der Waals surface area contributed by atoms with Crippen molar-refractivity contribution in [2.24, 2.45) is 34.5 Å². The molecular formula is C22H36O4S. The topological polar surface area (TPSA) is 63.6 Å². The van der Waals surface area contributed by atoms with Gasteiger partial charge in [0.1, 0.15) is 0 Å². The van der Waals surface area contributed by atoms with E-state index in [0.29, 0.717) is 17.8 Å². The first-order valence-corrected chi connectivity index (χ1v) is 12.6. The Kier molecular flexibility index (Phi) is 4.84. The summed E-state index contributed by atoms with van der Waals surface area (Å²) in [5.74, 6) is 2.58. The highest BCUT2D eigenvalue weighted by Gasteiger charge is 2.59. The maximum absolute atomic E-state index is 11.6. The Balaban J connectivity index is 1.57. The predicted molar refractivity (Wildman–Crippen MR) is 107 cm³/mol. The molecule has 0 bridgehead atoms. The molecule has 0 aromatic heterocycles. The highest BCUT2D eigenvalue weighted by molar-refractivity contribution is 7.86. The molecule has 0 aliphatic heterocycles. The largest absolute Gasteiger partial charge is 0.393 e. The fraction of sp³-hybridized carbons (Fsp3) is 0.909. The maximum atomic E-state index is 11.6. The van der Waals surface area contributed by atoms with Gasteiger partial charge in [-0.2, -0.15) is 8.42 Å². The van der Waals surface area contributed by atoms with Crippen LogP contribution in [-0.4, -0.2) is 32.0 Å². The Morgan fingerprint density at radius 3 is 2.56 bits per heavy atom. The van der Waals surface area contributed by atoms with Crippen LogP contribution in [0.3, 0.4) is 0 Å². The summed E-state index contributed by atoms with van der Waals surface area (Å²) in [6.07, 6.45) is 11.8. The fourth-order valence-corrected chi connectivity index (χ4v) is 8.45. The van der Waals surface area contributed by atoms with E-state index in [0.717, 1.165) is 37.9 Å². The van der Waals surface area contributed by atoms with E-state index in [1.807, 2.05) is 6.92 Å². The SMILES string of the molecule is C[C@H](O)[C@H]1CC[C@H]2[C@@H]3CC=C4C[C@@H](OS(C)(=O)=O)CC[C@]4(C)[C@H]3CC[C@]12C. The van der Waals surface area contributed by atoms with Crippen LogP contribution in [0.5, 0.6) is 0 Å². The molecule has 1 N–H and O–H groups in total. The van der Waals surface area contributed by atoms with Crippen LogP contribution in [0.2, 0.25) is 0 Å². The number of fused-ring (bicyclic) bond motifs is 5. The average Bonchev–Trinajstić information content (AvgIpc) is 2.91. The molecule has 4 aliphatic carbocycles. The standard InChI is InChI=1S/C22H36O4S/c1-14(23)18-7-8-19-17-6-5-15-13-16(26-27(4,24)25)9-11-21(15,2)20(17)10-12-22(18,19)3/h5,14,16-20,23H,6-13H2,1-4H3/t14-,16-,17-,18+,19-,20-,21-,22+/m0/s1. The molecule has 4 rings (SSSR count). The first kappa shape index (κ1) is 19.9. The van der Waals surface area contributed by atoms with Crippen LogP contribution in [0, 0.1) is 34.5 Å². The molecule has 0 saturated heterocycles. The average molecular weight is 397 g/mol. The lowest BCUT2D eigenvalue weighted by Crippen LogP contribution is -2.51. The van der Waals surface area contributed by atoms with Gasteiger partial charge in [-0.1, -0.05) is 25.5 Å². The van der Waals surface area contributed by atoms with Gasteiger partial charge < -0.3 is 5.11 Å². The Morgan fingerprint density at radius 1 is 1.15 bits per heavy atom. The molecule has 0 aromatic carbocycles. The summed E-state index contributed by atoms with van der Waals surface area (Å²) in [4.78, 5) is 0. The van der Waals surface area contributed by atoms with E-state index in [4.69, 9.17) is 4.18 Å². The molecule has 0 amide bonds. The van der Waals surface area contributed by atoms with Crippen molar-refractivity contribution in [3.63, 3.8) is 0 Å². The van der Waals surface area contributed by atoms with Crippen molar-refractivity contribution in [1.82, 2.24) is 0 Å². The summed E-state index contributed by atoms with van der Waals surface area (Å²) >= 11 is 0. The third-order valence-electron chi connectivity index (χ3n) is 9.03. The zero-order valence-corrected chi connectivity index (χ0v) is 18.1. The van der Waals surface area contributed by atoms with Crippen molar-refractivity contribution in [3.8, 4) is 0 Å². The first-order valence-electron chi connectivity index (χ1n) is 10.8. The smallest absolute Gasteiger partial charge is 0.264 e. The first-order chi connectivity index (χ1) is 12.5. The van der Waals surface area contributed by atoms with Crippen molar-refractivity contribution in [2.45, 2.75) is 84.3 Å². The van der Waals surface area contributed by atoms with Gasteiger partial charge in [0.25, 0.3) is 10.1 Å². The summed E-state index contributed by atoms with van der Waals surface area (Å²) in [5.41, 5.74) is 1.93. The van der Waals surface area contributed by atoms with Crippen LogP contribution >= 0.6 is 0 Å². The summed E-state index contributed by atoms with van der Waals surface area (Å²) in [6.45, 7) is 6.85. The third-order valence-corrected chi connectivity index (χ3v) is 9.65. The fourth-order valence-electron chi connectivity index (χ4n) is 7.79. The van der Waals surface area contributed by atoms with Crippen molar-refractivity contribution in [3.05, 3.63) is 11.6 Å². The van der Waals surface area contributed by atoms with Gasteiger partial charge in [-0.15, -0.1) is 0 Å². The predicted octanol–water partition coefficient (Wildman–Crippen LogP) is 4.29. The van der Waals surface area contributed by atoms with E-state index in [1.54, 1.807) is 0 Å². The Morgan fingerprint density at radius 2 is 1.89 bits per heavy atom. The molecular weight excluding hydrogens is 360 g/mol. The molecule has 4 nitrogen and oxygen atoms in total. The van der Waals surface area contributed by atoms with Crippen LogP contribution in [0.25, 0.3) is 0 Å². The van der Waals surface area contributed by atoms with E-state index in [1.165, 1.54) is 31.3 Å². The Hall–Kier alpha value is -0.390. The number of allylic oxidation sites excluding steroid dienone is 1. The zero-order chi connectivity index (χ0) is 19.6. The quantitative estimate of drug-likeness (QED) is 0.571. The third kappa shape index (κ3) is 3.22. The van der Waals surface area contributed by atoms with Gasteiger partial charge in [0.05, 0.1) is 18.5 Å². The van der Waals surface area contributed by atoms with Crippen molar-refractivity contribution in [1.29, 1.82) is 0 Å². The van der Waals surface area contributed by atoms with Crippen molar-refractivity contribution >= 4 is 10.1 Å². The molecule has 5 heteroatoms. The summed E-state index contributed by atoms with van der Waals surface area (Å²) in [7, 11) is -3.39. The molecule has 3 fully saturated rings. The van der Waals surface area contributed by atoms with Gasteiger partial charge in [0.15, 0.2) is 0 Å². The summed E-state index contributed by atoms with van der Waals surface area (Å²) < 4.78 is 28.4. The van der Waals surface area contributed by atoms with E-state index in [9.17, 15) is 13.5 Å². The Labute approximate surface area is 164 Å². The van der Waals surface area contributed by atoms with Crippen molar-refractivity contribution < 1.29 is 17.7 Å². The molecule has 0 aromatic rings. The molecule has 27 heavy (non-hydrogen) atoms.